The Hall–Kier alpha value is -3.56. The first-order chi connectivity index (χ1) is 16.5. The molecule has 4 rings (SSSR count). The van der Waals surface area contributed by atoms with Crippen LogP contribution in [-0.2, 0) is 11.4 Å². The molecule has 0 aliphatic rings. The number of benzene rings is 3. The van der Waals surface area contributed by atoms with Crippen molar-refractivity contribution >= 4 is 46.6 Å². The van der Waals surface area contributed by atoms with Gasteiger partial charge < -0.3 is 13.9 Å². The molecule has 174 valence electrons. The molecule has 1 N–H and O–H groups in total. The van der Waals surface area contributed by atoms with Gasteiger partial charge in [0.15, 0.2) is 17.1 Å². The first-order valence-corrected chi connectivity index (χ1v) is 11.4. The van der Waals surface area contributed by atoms with Crippen LogP contribution in [0, 0.1) is 5.82 Å². The van der Waals surface area contributed by atoms with Gasteiger partial charge in [-0.25, -0.2) is 14.8 Å². The van der Waals surface area contributed by atoms with Crippen molar-refractivity contribution in [1.82, 2.24) is 10.4 Å². The minimum Gasteiger partial charge on any atom is -0.493 e. The smallest absolute Gasteiger partial charge is 0.257 e. The molecule has 1 heterocycles. The van der Waals surface area contributed by atoms with E-state index in [9.17, 15) is 9.18 Å². The molecule has 1 amide bonds. The predicted molar refractivity (Wildman–Crippen MR) is 129 cm³/mol. The first-order valence-electron chi connectivity index (χ1n) is 10.1. The Kier molecular flexibility index (Phi) is 7.66. The summed E-state index contributed by atoms with van der Waals surface area (Å²) in [6.07, 6.45) is 1.47. The van der Waals surface area contributed by atoms with Gasteiger partial charge in [0.25, 0.3) is 11.1 Å². The minimum atomic E-state index is -0.444. The van der Waals surface area contributed by atoms with Gasteiger partial charge in [0.1, 0.15) is 17.9 Å². The van der Waals surface area contributed by atoms with Crippen LogP contribution >= 0.6 is 23.4 Å². The Morgan fingerprint density at radius 3 is 2.85 bits per heavy atom. The Bertz CT molecular complexity index is 1290. The van der Waals surface area contributed by atoms with Crippen molar-refractivity contribution < 1.29 is 23.1 Å². The summed E-state index contributed by atoms with van der Waals surface area (Å²) in [5.74, 6) is 0.184. The van der Waals surface area contributed by atoms with Crippen molar-refractivity contribution in [2.75, 3.05) is 12.9 Å². The number of ether oxygens (including phenoxy) is 2. The van der Waals surface area contributed by atoms with E-state index >= 15 is 0 Å². The number of aromatic nitrogens is 1. The fraction of sp³-hybridized carbons (Fsp3) is 0.125. The molecule has 0 radical (unpaired) electrons. The fourth-order valence-electron chi connectivity index (χ4n) is 2.96. The fourth-order valence-corrected chi connectivity index (χ4v) is 3.80. The highest BCUT2D eigenvalue weighted by molar-refractivity contribution is 7.99. The third-order valence-electron chi connectivity index (χ3n) is 4.63. The largest absolute Gasteiger partial charge is 0.493 e. The highest BCUT2D eigenvalue weighted by atomic mass is 35.5. The van der Waals surface area contributed by atoms with E-state index in [0.717, 1.165) is 5.52 Å². The zero-order chi connectivity index (χ0) is 23.9. The number of carbonyl (C=O) groups is 1. The van der Waals surface area contributed by atoms with Crippen molar-refractivity contribution in [3.63, 3.8) is 0 Å². The zero-order valence-corrected chi connectivity index (χ0v) is 19.5. The summed E-state index contributed by atoms with van der Waals surface area (Å²) in [6, 6.07) is 16.9. The van der Waals surface area contributed by atoms with E-state index in [1.807, 2.05) is 24.3 Å². The molecule has 0 saturated heterocycles. The summed E-state index contributed by atoms with van der Waals surface area (Å²) in [5.41, 5.74) is 4.79. The highest BCUT2D eigenvalue weighted by Gasteiger charge is 2.11. The lowest BCUT2D eigenvalue weighted by Gasteiger charge is -2.12. The summed E-state index contributed by atoms with van der Waals surface area (Å²) in [5, 5.41) is 4.67. The number of nitrogens with zero attached hydrogens (tertiary/aromatic N) is 2. The summed E-state index contributed by atoms with van der Waals surface area (Å²) in [7, 11) is 1.49. The first kappa shape index (κ1) is 23.6. The van der Waals surface area contributed by atoms with Gasteiger partial charge in [0.2, 0.25) is 0 Å². The molecule has 0 fully saturated rings. The molecule has 0 aliphatic heterocycles. The van der Waals surface area contributed by atoms with Gasteiger partial charge in [0, 0.05) is 5.56 Å². The molecule has 0 aliphatic carbocycles. The number of para-hydroxylation sites is 2. The van der Waals surface area contributed by atoms with Crippen LogP contribution in [0.2, 0.25) is 5.02 Å². The molecule has 4 aromatic rings. The van der Waals surface area contributed by atoms with Crippen LogP contribution in [-0.4, -0.2) is 30.0 Å². The van der Waals surface area contributed by atoms with Crippen molar-refractivity contribution in [3.05, 3.63) is 82.6 Å². The Labute approximate surface area is 203 Å². The molecule has 0 unspecified atom stereocenters. The van der Waals surface area contributed by atoms with Gasteiger partial charge in [-0.2, -0.15) is 5.10 Å². The predicted octanol–water partition coefficient (Wildman–Crippen LogP) is 5.45. The minimum absolute atomic E-state index is 0.0525. The summed E-state index contributed by atoms with van der Waals surface area (Å²) in [4.78, 5) is 16.4. The van der Waals surface area contributed by atoms with Gasteiger partial charge in [-0.15, -0.1) is 0 Å². The normalized spacial score (nSPS) is 11.1. The van der Waals surface area contributed by atoms with E-state index in [4.69, 9.17) is 25.5 Å². The van der Waals surface area contributed by atoms with Crippen LogP contribution in [0.5, 0.6) is 11.5 Å². The van der Waals surface area contributed by atoms with Crippen molar-refractivity contribution in [1.29, 1.82) is 0 Å². The number of hydrazone groups is 1. The average molecular weight is 500 g/mol. The number of hydrogen-bond donors (Lipinski definition) is 1. The van der Waals surface area contributed by atoms with Gasteiger partial charge in [-0.1, -0.05) is 41.6 Å². The lowest BCUT2D eigenvalue weighted by atomic mass is 10.2. The van der Waals surface area contributed by atoms with E-state index < -0.39 is 5.82 Å². The van der Waals surface area contributed by atoms with Crippen LogP contribution in [0.15, 0.2) is 75.4 Å². The molecule has 0 spiro atoms. The topological polar surface area (TPSA) is 86.0 Å². The van der Waals surface area contributed by atoms with Crippen molar-refractivity contribution in [2.45, 2.75) is 11.8 Å². The highest BCUT2D eigenvalue weighted by Crippen LogP contribution is 2.30. The van der Waals surface area contributed by atoms with Crippen LogP contribution in [0.3, 0.4) is 0 Å². The third-order valence-corrected chi connectivity index (χ3v) is 5.81. The Morgan fingerprint density at radius 2 is 2.06 bits per heavy atom. The molecule has 3 aromatic carbocycles. The molecule has 7 nitrogen and oxygen atoms in total. The van der Waals surface area contributed by atoms with Crippen molar-refractivity contribution in [3.8, 4) is 11.5 Å². The van der Waals surface area contributed by atoms with Gasteiger partial charge in [-0.05, 0) is 48.0 Å². The second-order valence-corrected chi connectivity index (χ2v) is 8.26. The van der Waals surface area contributed by atoms with E-state index in [1.54, 1.807) is 24.3 Å². The van der Waals surface area contributed by atoms with E-state index in [-0.39, 0.29) is 28.9 Å². The monoisotopic (exact) mass is 499 g/mol. The Balaban J connectivity index is 1.31. The van der Waals surface area contributed by atoms with Crippen LogP contribution in [0.1, 0.15) is 11.1 Å². The number of halogens is 2. The molecular formula is C24H19ClFN3O4S. The van der Waals surface area contributed by atoms with Crippen molar-refractivity contribution in [2.24, 2.45) is 5.10 Å². The summed E-state index contributed by atoms with van der Waals surface area (Å²) < 4.78 is 30.6. The maximum atomic E-state index is 13.9. The number of methoxy groups -OCH3 is 1. The van der Waals surface area contributed by atoms with E-state index in [2.05, 4.69) is 15.5 Å². The van der Waals surface area contributed by atoms with Crippen LogP contribution in [0.4, 0.5) is 4.39 Å². The van der Waals surface area contributed by atoms with E-state index in [1.165, 1.54) is 37.2 Å². The molecule has 10 heteroatoms. The molecular weight excluding hydrogens is 481 g/mol. The molecule has 0 saturated carbocycles. The quantitative estimate of drug-likeness (QED) is 0.187. The number of thioether (sulfide) groups is 1. The lowest BCUT2D eigenvalue weighted by molar-refractivity contribution is -0.118. The number of rotatable bonds is 9. The number of nitrogens with one attached hydrogen (secondary N) is 1. The molecule has 0 bridgehead atoms. The van der Waals surface area contributed by atoms with Gasteiger partial charge in [0.05, 0.1) is 24.1 Å². The Morgan fingerprint density at radius 1 is 1.21 bits per heavy atom. The van der Waals surface area contributed by atoms with Gasteiger partial charge in [-0.3, -0.25) is 4.79 Å². The number of hydrogen-bond acceptors (Lipinski definition) is 7. The van der Waals surface area contributed by atoms with E-state index in [0.29, 0.717) is 27.9 Å². The number of amides is 1. The van der Waals surface area contributed by atoms with Crippen LogP contribution in [0.25, 0.3) is 11.1 Å². The van der Waals surface area contributed by atoms with Crippen LogP contribution < -0.4 is 14.9 Å². The summed E-state index contributed by atoms with van der Waals surface area (Å²) >= 11 is 7.22. The lowest BCUT2D eigenvalue weighted by Crippen LogP contribution is -2.19. The third kappa shape index (κ3) is 5.86. The summed E-state index contributed by atoms with van der Waals surface area (Å²) in [6.45, 7) is -0.0525. The number of fused-ring (bicyclic) bond motifs is 1. The second-order valence-electron chi connectivity index (χ2n) is 6.93. The van der Waals surface area contributed by atoms with Gasteiger partial charge >= 0.3 is 0 Å². The molecule has 0 atom stereocenters. The number of carbonyl (C=O) groups excluding carboxylic acids is 1. The standard InChI is InChI=1S/C24H19ClFN3O4S/c1-31-22-11-15(9-10-21(22)32-13-16-17(25)5-4-6-18(16)26)12-27-29-23(30)14-34-24-28-19-7-2-3-8-20(19)33-24/h2-12H,13-14H2,1H3,(H,29,30)/b27-12-. The zero-order valence-electron chi connectivity index (χ0n) is 18.0. The molecule has 34 heavy (non-hydrogen) atoms. The second kappa shape index (κ2) is 11.0. The maximum absolute atomic E-state index is 13.9. The maximum Gasteiger partial charge on any atom is 0.257 e. The SMILES string of the molecule is COc1cc(/C=N\NC(=O)CSc2nc3ccccc3o2)ccc1OCc1c(F)cccc1Cl. The molecule has 1 aromatic heterocycles. The average Bonchev–Trinajstić information content (AvgIpc) is 3.26. The number of oxazole rings is 1.